The highest BCUT2D eigenvalue weighted by Crippen LogP contribution is 2.25. The van der Waals surface area contributed by atoms with Gasteiger partial charge in [-0.05, 0) is 32.8 Å². The van der Waals surface area contributed by atoms with Crippen LogP contribution in [0.15, 0.2) is 18.3 Å². The van der Waals surface area contributed by atoms with Gasteiger partial charge in [0.15, 0.2) is 0 Å². The average molecular weight is 345 g/mol. The molecule has 1 N–H and O–H groups in total. The van der Waals surface area contributed by atoms with Crippen LogP contribution < -0.4 is 10.2 Å². The number of rotatable bonds is 5. The smallest absolute Gasteiger partial charge is 0.321 e. The molecule has 2 heterocycles. The zero-order valence-electron chi connectivity index (χ0n) is 15.6. The van der Waals surface area contributed by atoms with Gasteiger partial charge in [0.05, 0.1) is 0 Å². The minimum atomic E-state index is -0.0480. The molecule has 0 radical (unpaired) electrons. The van der Waals surface area contributed by atoms with Gasteiger partial charge in [0, 0.05) is 63.3 Å². The van der Waals surface area contributed by atoms with E-state index >= 15 is 0 Å². The summed E-state index contributed by atoms with van der Waals surface area (Å²) in [7, 11) is 0. The Balaban J connectivity index is 1.57. The highest BCUT2D eigenvalue weighted by Gasteiger charge is 2.26. The number of anilines is 2. The van der Waals surface area contributed by atoms with Crippen LogP contribution in [0.2, 0.25) is 0 Å². The lowest BCUT2D eigenvalue weighted by Gasteiger charge is -2.38. The third-order valence-corrected chi connectivity index (χ3v) is 5.53. The molecule has 1 aromatic heterocycles. The van der Waals surface area contributed by atoms with Crippen LogP contribution in [0.4, 0.5) is 16.3 Å². The Hall–Kier alpha value is -1.82. The first kappa shape index (κ1) is 18.0. The maximum absolute atomic E-state index is 12.2. The summed E-state index contributed by atoms with van der Waals surface area (Å²) in [6.45, 7) is 9.65. The normalized spacial score (nSPS) is 19.2. The van der Waals surface area contributed by atoms with E-state index in [9.17, 15) is 4.79 Å². The third kappa shape index (κ3) is 4.42. The Bertz CT molecular complexity index is 561. The number of carbonyl (C=O) groups excluding carboxylic acids is 1. The molecular weight excluding hydrogens is 314 g/mol. The Morgan fingerprint density at radius 3 is 2.52 bits per heavy atom. The van der Waals surface area contributed by atoms with Gasteiger partial charge in [-0.15, -0.1) is 0 Å². The van der Waals surface area contributed by atoms with E-state index in [2.05, 4.69) is 20.1 Å². The molecule has 6 nitrogen and oxygen atoms in total. The number of nitrogens with zero attached hydrogens (tertiary/aromatic N) is 4. The molecule has 0 atom stereocenters. The number of aromatic nitrogens is 1. The lowest BCUT2D eigenvalue weighted by atomic mass is 10.2. The number of hydrogen-bond acceptors (Lipinski definition) is 4. The average Bonchev–Trinajstić information content (AvgIpc) is 3.18. The van der Waals surface area contributed by atoms with E-state index in [4.69, 9.17) is 0 Å². The molecule has 1 aliphatic carbocycles. The number of pyridine rings is 1. The zero-order valence-corrected chi connectivity index (χ0v) is 15.6. The van der Waals surface area contributed by atoms with E-state index in [1.54, 1.807) is 11.1 Å². The third-order valence-electron chi connectivity index (χ3n) is 5.53. The Kier molecular flexibility index (Phi) is 6.13. The molecule has 1 aromatic rings. The fourth-order valence-electron chi connectivity index (χ4n) is 3.97. The van der Waals surface area contributed by atoms with E-state index in [0.29, 0.717) is 13.1 Å². The summed E-state index contributed by atoms with van der Waals surface area (Å²) in [6, 6.07) is 4.61. The van der Waals surface area contributed by atoms with Crippen molar-refractivity contribution in [2.45, 2.75) is 45.6 Å². The fraction of sp³-hybridized carbons (Fsp3) is 0.684. The molecule has 25 heavy (non-hydrogen) atoms. The highest BCUT2D eigenvalue weighted by molar-refractivity contribution is 5.89. The van der Waals surface area contributed by atoms with Gasteiger partial charge >= 0.3 is 6.03 Å². The molecule has 2 amide bonds. The van der Waals surface area contributed by atoms with Crippen molar-refractivity contribution >= 4 is 17.5 Å². The number of hydrogen-bond donors (Lipinski definition) is 1. The molecule has 1 aliphatic heterocycles. The number of amides is 2. The summed E-state index contributed by atoms with van der Waals surface area (Å²) in [4.78, 5) is 23.5. The molecule has 2 aliphatic rings. The van der Waals surface area contributed by atoms with Crippen molar-refractivity contribution in [3.8, 4) is 0 Å². The molecule has 138 valence electrons. The van der Waals surface area contributed by atoms with E-state index in [0.717, 1.165) is 43.7 Å². The molecule has 0 bridgehead atoms. The van der Waals surface area contributed by atoms with Crippen molar-refractivity contribution in [2.24, 2.45) is 0 Å². The van der Waals surface area contributed by atoms with Crippen molar-refractivity contribution < 1.29 is 4.79 Å². The molecule has 6 heteroatoms. The van der Waals surface area contributed by atoms with E-state index in [1.807, 2.05) is 26.0 Å². The van der Waals surface area contributed by atoms with Gasteiger partial charge in [-0.1, -0.05) is 12.8 Å². The summed E-state index contributed by atoms with van der Waals surface area (Å²) >= 11 is 0. The second kappa shape index (κ2) is 8.52. The topological polar surface area (TPSA) is 51.7 Å². The van der Waals surface area contributed by atoms with Crippen molar-refractivity contribution in [2.75, 3.05) is 49.5 Å². The van der Waals surface area contributed by atoms with Crippen molar-refractivity contribution in [3.63, 3.8) is 0 Å². The van der Waals surface area contributed by atoms with Crippen LogP contribution in [-0.4, -0.2) is 66.1 Å². The SMILES string of the molecule is CCN(CC)C(=O)Nc1ccnc(N2CCN(C3CCCC3)CC2)c1. The van der Waals surface area contributed by atoms with Gasteiger partial charge < -0.3 is 15.1 Å². The highest BCUT2D eigenvalue weighted by atomic mass is 16.2. The molecule has 0 aromatic carbocycles. The van der Waals surface area contributed by atoms with Crippen LogP contribution in [0.25, 0.3) is 0 Å². The van der Waals surface area contributed by atoms with Crippen LogP contribution in [0, 0.1) is 0 Å². The first-order chi connectivity index (χ1) is 12.2. The van der Waals surface area contributed by atoms with Crippen molar-refractivity contribution in [3.05, 3.63) is 18.3 Å². The maximum Gasteiger partial charge on any atom is 0.321 e. The fourth-order valence-corrected chi connectivity index (χ4v) is 3.97. The monoisotopic (exact) mass is 345 g/mol. The second-order valence-corrected chi connectivity index (χ2v) is 6.97. The lowest BCUT2D eigenvalue weighted by Crippen LogP contribution is -2.50. The minimum absolute atomic E-state index is 0.0480. The van der Waals surface area contributed by atoms with E-state index in [1.165, 1.54) is 25.7 Å². The number of piperazine rings is 1. The van der Waals surface area contributed by atoms with Gasteiger partial charge in [0.1, 0.15) is 5.82 Å². The Morgan fingerprint density at radius 2 is 1.88 bits per heavy atom. The predicted molar refractivity (Wildman–Crippen MR) is 102 cm³/mol. The molecular formula is C19H31N5O. The summed E-state index contributed by atoms with van der Waals surface area (Å²) in [5.74, 6) is 0.961. The molecule has 1 saturated heterocycles. The van der Waals surface area contributed by atoms with Crippen LogP contribution in [-0.2, 0) is 0 Å². The minimum Gasteiger partial charge on any atom is -0.354 e. The summed E-state index contributed by atoms with van der Waals surface area (Å²) in [6.07, 6.45) is 7.30. The quantitative estimate of drug-likeness (QED) is 0.891. The molecule has 3 rings (SSSR count). The van der Waals surface area contributed by atoms with Gasteiger partial charge in [-0.2, -0.15) is 0 Å². The van der Waals surface area contributed by atoms with Gasteiger partial charge in [0.2, 0.25) is 0 Å². The summed E-state index contributed by atoms with van der Waals surface area (Å²) < 4.78 is 0. The number of urea groups is 1. The molecule has 2 fully saturated rings. The standard InChI is InChI=1S/C19H31N5O/c1-3-22(4-2)19(25)21-16-9-10-20-18(15-16)24-13-11-23(12-14-24)17-7-5-6-8-17/h9-10,15,17H,3-8,11-14H2,1-2H3,(H,20,21,25). The van der Waals surface area contributed by atoms with Crippen molar-refractivity contribution in [1.82, 2.24) is 14.8 Å². The maximum atomic E-state index is 12.2. The van der Waals surface area contributed by atoms with E-state index in [-0.39, 0.29) is 6.03 Å². The summed E-state index contributed by atoms with van der Waals surface area (Å²) in [5.41, 5.74) is 0.820. The van der Waals surface area contributed by atoms with Gasteiger partial charge in [0.25, 0.3) is 0 Å². The number of nitrogens with one attached hydrogen (secondary N) is 1. The summed E-state index contributed by atoms with van der Waals surface area (Å²) in [5, 5.41) is 2.99. The first-order valence-corrected chi connectivity index (χ1v) is 9.72. The second-order valence-electron chi connectivity index (χ2n) is 6.97. The molecule has 0 unspecified atom stereocenters. The zero-order chi connectivity index (χ0) is 17.6. The number of carbonyl (C=O) groups is 1. The van der Waals surface area contributed by atoms with Crippen molar-refractivity contribution in [1.29, 1.82) is 0 Å². The Morgan fingerprint density at radius 1 is 1.20 bits per heavy atom. The first-order valence-electron chi connectivity index (χ1n) is 9.72. The van der Waals surface area contributed by atoms with Crippen LogP contribution >= 0.6 is 0 Å². The van der Waals surface area contributed by atoms with E-state index < -0.39 is 0 Å². The van der Waals surface area contributed by atoms with Gasteiger partial charge in [-0.3, -0.25) is 4.90 Å². The lowest BCUT2D eigenvalue weighted by molar-refractivity contribution is 0.187. The predicted octanol–water partition coefficient (Wildman–Crippen LogP) is 3.02. The largest absolute Gasteiger partial charge is 0.354 e. The molecule has 1 saturated carbocycles. The van der Waals surface area contributed by atoms with Crippen LogP contribution in [0.5, 0.6) is 0 Å². The van der Waals surface area contributed by atoms with Crippen LogP contribution in [0.3, 0.4) is 0 Å². The van der Waals surface area contributed by atoms with Crippen LogP contribution in [0.1, 0.15) is 39.5 Å². The Labute approximate surface area is 151 Å². The molecule has 0 spiro atoms. The van der Waals surface area contributed by atoms with Gasteiger partial charge in [-0.25, -0.2) is 9.78 Å².